The Morgan fingerprint density at radius 2 is 1.56 bits per heavy atom. The van der Waals surface area contributed by atoms with E-state index in [0.29, 0.717) is 12.1 Å². The average Bonchev–Trinajstić information content (AvgIpc) is 3.50. The number of carbonyl (C=O) groups is 3. The molecule has 1 aliphatic rings. The number of hydrogen-bond acceptors (Lipinski definition) is 3. The molecule has 1 amide bonds. The third-order valence-electron chi connectivity index (χ3n) is 6.74. The van der Waals surface area contributed by atoms with Crippen molar-refractivity contribution in [2.45, 2.75) is 34.1 Å². The predicted molar refractivity (Wildman–Crippen MR) is 151 cm³/mol. The van der Waals surface area contributed by atoms with Crippen LogP contribution in [-0.4, -0.2) is 26.6 Å². The van der Waals surface area contributed by atoms with Crippen LogP contribution in [0.2, 0.25) is 5.02 Å². The molecule has 1 saturated carbocycles. The van der Waals surface area contributed by atoms with E-state index in [4.69, 9.17) is 58.0 Å². The van der Waals surface area contributed by atoms with Gasteiger partial charge in [0.05, 0.1) is 16.5 Å². The molecule has 228 valence electrons. The summed E-state index contributed by atoms with van der Waals surface area (Å²) >= 11 is 29.5. The van der Waals surface area contributed by atoms with Crippen molar-refractivity contribution in [1.82, 2.24) is 0 Å². The predicted octanol–water partition coefficient (Wildman–Crippen LogP) is 8.64. The minimum absolute atomic E-state index is 0.0174. The van der Waals surface area contributed by atoms with Crippen LogP contribution in [0.15, 0.2) is 48.5 Å². The monoisotopic (exact) mass is 703 g/mol. The summed E-state index contributed by atoms with van der Waals surface area (Å²) in [5.74, 6) is -8.45. The van der Waals surface area contributed by atoms with Crippen LogP contribution >= 0.6 is 58.0 Å². The first kappa shape index (κ1) is 33.4. The molecule has 2 atom stereocenters. The van der Waals surface area contributed by atoms with Gasteiger partial charge in [0.1, 0.15) is 21.8 Å². The number of carbonyl (C=O) groups excluding carboxylic acids is 3. The maximum atomic E-state index is 15.0. The molecule has 1 aliphatic carbocycles. The Balaban J connectivity index is 1.53. The van der Waals surface area contributed by atoms with Crippen LogP contribution in [0.1, 0.15) is 38.5 Å². The number of nitrogens with one attached hydrogen (secondary N) is 1. The van der Waals surface area contributed by atoms with Crippen molar-refractivity contribution in [1.29, 1.82) is 0 Å². The van der Waals surface area contributed by atoms with Gasteiger partial charge in [0, 0.05) is 35.6 Å². The number of halogens is 11. The highest BCUT2D eigenvalue weighted by molar-refractivity contribution is 6.54. The number of amides is 1. The molecule has 1 N–H and O–H groups in total. The molecule has 0 unspecified atom stereocenters. The lowest BCUT2D eigenvalue weighted by Crippen LogP contribution is -2.18. The Morgan fingerprint density at radius 1 is 0.907 bits per heavy atom. The smallest absolute Gasteiger partial charge is 0.326 e. The first-order chi connectivity index (χ1) is 19.9. The van der Waals surface area contributed by atoms with Crippen molar-refractivity contribution in [3.05, 3.63) is 98.8 Å². The van der Waals surface area contributed by atoms with Crippen molar-refractivity contribution < 1.29 is 40.7 Å². The normalized spacial score (nSPS) is 17.6. The molecule has 0 heterocycles. The summed E-state index contributed by atoms with van der Waals surface area (Å²) in [6.07, 6.45) is -6.35. The van der Waals surface area contributed by atoms with Crippen molar-refractivity contribution >= 4 is 81.2 Å². The molecule has 0 aromatic heterocycles. The molecule has 3 aromatic rings. The average molecular weight is 706 g/mol. The topological polar surface area (TPSA) is 63.2 Å². The van der Waals surface area contributed by atoms with Crippen LogP contribution in [-0.2, 0) is 28.6 Å². The van der Waals surface area contributed by atoms with Gasteiger partial charge in [-0.1, -0.05) is 46.9 Å². The Bertz CT molecular complexity index is 1630. The van der Waals surface area contributed by atoms with Gasteiger partial charge in [-0.15, -0.1) is 23.2 Å². The highest BCUT2D eigenvalue weighted by atomic mass is 35.5. The van der Waals surface area contributed by atoms with Crippen LogP contribution in [0.5, 0.6) is 0 Å². The summed E-state index contributed by atoms with van der Waals surface area (Å²) in [5, 5.41) is 2.38. The molecule has 0 radical (unpaired) electrons. The van der Waals surface area contributed by atoms with Gasteiger partial charge in [-0.2, -0.15) is 13.2 Å². The Kier molecular flexibility index (Phi) is 9.69. The van der Waals surface area contributed by atoms with Crippen LogP contribution in [0.25, 0.3) is 0 Å². The number of Topliss-reactive ketones (excluding diaryl/α,β-unsaturated/α-hetero) is 2. The number of hydrogen-bond donors (Lipinski definition) is 1. The fourth-order valence-corrected chi connectivity index (χ4v) is 5.73. The number of rotatable bonds is 9. The Hall–Kier alpha value is -2.50. The minimum atomic E-state index is -4.99. The van der Waals surface area contributed by atoms with Gasteiger partial charge in [-0.3, -0.25) is 14.4 Å². The van der Waals surface area contributed by atoms with E-state index >= 15 is 4.39 Å². The van der Waals surface area contributed by atoms with Crippen molar-refractivity contribution in [2.24, 2.45) is 5.92 Å². The van der Waals surface area contributed by atoms with E-state index in [2.05, 4.69) is 5.32 Å². The Labute approximate surface area is 265 Å². The van der Waals surface area contributed by atoms with E-state index in [1.54, 1.807) is 0 Å². The molecular weight excluding hydrogens is 690 g/mol. The summed E-state index contributed by atoms with van der Waals surface area (Å²) in [5.41, 5.74) is -2.68. The Morgan fingerprint density at radius 3 is 2.19 bits per heavy atom. The highest BCUT2D eigenvalue weighted by Gasteiger charge is 2.67. The quantitative estimate of drug-likeness (QED) is 0.138. The van der Waals surface area contributed by atoms with Gasteiger partial charge in [0.2, 0.25) is 5.91 Å². The second-order valence-corrected chi connectivity index (χ2v) is 12.5. The van der Waals surface area contributed by atoms with E-state index in [0.717, 1.165) is 18.2 Å². The molecule has 3 aromatic carbocycles. The fourth-order valence-electron chi connectivity index (χ4n) is 4.52. The molecule has 1 fully saturated rings. The maximum Gasteiger partial charge on any atom is 0.419 e. The van der Waals surface area contributed by atoms with Crippen LogP contribution in [0, 0.1) is 23.4 Å². The zero-order valence-electron chi connectivity index (χ0n) is 21.1. The lowest BCUT2D eigenvalue weighted by atomic mass is 9.98. The molecule has 4 nitrogen and oxygen atoms in total. The maximum absolute atomic E-state index is 15.0. The first-order valence-electron chi connectivity index (χ1n) is 12.1. The fraction of sp³-hybridized carbons (Fsp3) is 0.250. The van der Waals surface area contributed by atoms with Gasteiger partial charge in [-0.05, 0) is 47.5 Å². The first-order valence-corrected chi connectivity index (χ1v) is 14.1. The molecular formula is C28H16Cl5F6NO3. The molecule has 0 aliphatic heterocycles. The van der Waals surface area contributed by atoms with Crippen molar-refractivity contribution in [3.63, 3.8) is 0 Å². The zero-order valence-corrected chi connectivity index (χ0v) is 24.9. The summed E-state index contributed by atoms with van der Waals surface area (Å²) in [4.78, 5) is 36.4. The summed E-state index contributed by atoms with van der Waals surface area (Å²) in [6.45, 7) is 0. The van der Waals surface area contributed by atoms with Crippen LogP contribution in [0.4, 0.5) is 32.0 Å². The lowest BCUT2D eigenvalue weighted by Gasteiger charge is -2.12. The van der Waals surface area contributed by atoms with E-state index < -0.39 is 86.1 Å². The van der Waals surface area contributed by atoms with Gasteiger partial charge in [0.15, 0.2) is 16.4 Å². The van der Waals surface area contributed by atoms with Crippen LogP contribution < -0.4 is 5.32 Å². The van der Waals surface area contributed by atoms with Gasteiger partial charge in [-0.25, -0.2) is 13.2 Å². The third kappa shape index (κ3) is 7.09. The molecule has 0 saturated heterocycles. The standard InChI is InChI=1S/C28H16Cl5F6NO3/c29-17-4-3-13(9-14(17)20(41)8-12-2-5-18(34)15(24(12)36)10-21(42)25(30)31)40-26(43)23-22(27(23,32)33)11-1-6-19(35)16(7-11)28(37,38)39/h1-7,9,22-23,25H,8,10H2,(H,40,43)/t22-,23+/m0/s1. The zero-order chi connectivity index (χ0) is 32.0. The minimum Gasteiger partial charge on any atom is -0.326 e. The number of ketones is 2. The summed E-state index contributed by atoms with van der Waals surface area (Å²) in [6, 6.07) is 7.80. The molecule has 4 rings (SSSR count). The van der Waals surface area contributed by atoms with E-state index in [1.165, 1.54) is 18.2 Å². The van der Waals surface area contributed by atoms with E-state index in [1.807, 2.05) is 0 Å². The lowest BCUT2D eigenvalue weighted by molar-refractivity contribution is -0.140. The second kappa shape index (κ2) is 12.5. The van der Waals surface area contributed by atoms with Gasteiger partial charge < -0.3 is 5.32 Å². The highest BCUT2D eigenvalue weighted by Crippen LogP contribution is 2.65. The SMILES string of the molecule is O=C(Cc1ccc(F)c(CC(=O)C(Cl)Cl)c1F)c1cc(NC(=O)[C@H]2[C@H](c3ccc(F)c(C(F)(F)F)c3)C2(Cl)Cl)ccc1Cl. The largest absolute Gasteiger partial charge is 0.419 e. The second-order valence-electron chi connectivity index (χ2n) is 9.59. The third-order valence-corrected chi connectivity index (χ3v) is 8.49. The van der Waals surface area contributed by atoms with E-state index in [-0.39, 0.29) is 27.4 Å². The molecule has 15 heteroatoms. The number of anilines is 1. The van der Waals surface area contributed by atoms with Gasteiger partial charge >= 0.3 is 6.18 Å². The summed E-state index contributed by atoms with van der Waals surface area (Å²) in [7, 11) is 0. The molecule has 0 bridgehead atoms. The van der Waals surface area contributed by atoms with Gasteiger partial charge in [0.25, 0.3) is 0 Å². The number of alkyl halides is 7. The molecule has 0 spiro atoms. The summed E-state index contributed by atoms with van der Waals surface area (Å²) < 4.78 is 80.7. The van der Waals surface area contributed by atoms with Crippen molar-refractivity contribution in [2.75, 3.05) is 5.32 Å². The van der Waals surface area contributed by atoms with E-state index in [9.17, 15) is 36.3 Å². The molecule has 43 heavy (non-hydrogen) atoms. The number of benzene rings is 3. The van der Waals surface area contributed by atoms with Crippen LogP contribution in [0.3, 0.4) is 0 Å². The van der Waals surface area contributed by atoms with Crippen molar-refractivity contribution in [3.8, 4) is 0 Å².